The van der Waals surface area contributed by atoms with Gasteiger partial charge in [-0.2, -0.15) is 0 Å². The van der Waals surface area contributed by atoms with Crippen molar-refractivity contribution in [1.82, 2.24) is 14.4 Å². The van der Waals surface area contributed by atoms with Crippen molar-refractivity contribution in [2.45, 2.75) is 39.5 Å². The van der Waals surface area contributed by atoms with Crippen LogP contribution in [0.15, 0.2) is 61.1 Å². The van der Waals surface area contributed by atoms with Gasteiger partial charge in [-0.1, -0.05) is 45.9 Å². The molecule has 0 unspecified atom stereocenters. The summed E-state index contributed by atoms with van der Waals surface area (Å²) >= 11 is 0. The Kier molecular flexibility index (Phi) is 4.24. The predicted molar refractivity (Wildman–Crippen MR) is 123 cm³/mol. The Morgan fingerprint density at radius 1 is 0.833 bits per heavy atom. The van der Waals surface area contributed by atoms with E-state index in [1.165, 1.54) is 16.7 Å². The smallest absolute Gasteiger partial charge is 0.145 e. The molecule has 150 valence electrons. The van der Waals surface area contributed by atoms with Crippen molar-refractivity contribution in [3.8, 4) is 17.0 Å². The Hall–Kier alpha value is -3.40. The summed E-state index contributed by atoms with van der Waals surface area (Å²) in [5, 5.41) is 13.2. The zero-order valence-electron chi connectivity index (χ0n) is 17.7. The van der Waals surface area contributed by atoms with Gasteiger partial charge < -0.3 is 5.11 Å². The Balaban J connectivity index is 2.01. The van der Waals surface area contributed by atoms with Crippen LogP contribution >= 0.6 is 0 Å². The molecule has 0 saturated carbocycles. The van der Waals surface area contributed by atoms with Gasteiger partial charge in [0.25, 0.3) is 0 Å². The van der Waals surface area contributed by atoms with E-state index in [2.05, 4.69) is 55.3 Å². The molecule has 0 atom stereocenters. The number of pyridine rings is 2. The molecule has 0 spiro atoms. The van der Waals surface area contributed by atoms with Gasteiger partial charge in [-0.05, 0) is 52.6 Å². The number of hydrogen-bond acceptors (Lipinski definition) is 3. The minimum Gasteiger partial charge on any atom is -0.508 e. The van der Waals surface area contributed by atoms with Crippen LogP contribution in [0.2, 0.25) is 0 Å². The summed E-state index contributed by atoms with van der Waals surface area (Å²) in [5.41, 5.74) is 6.90. The van der Waals surface area contributed by atoms with E-state index in [9.17, 15) is 5.11 Å². The molecule has 5 rings (SSSR count). The summed E-state index contributed by atoms with van der Waals surface area (Å²) in [5.74, 6) is 1.02. The van der Waals surface area contributed by atoms with Crippen LogP contribution in [0.5, 0.6) is 5.75 Å². The molecule has 0 aliphatic heterocycles. The fourth-order valence-electron chi connectivity index (χ4n) is 4.55. The molecular formula is C26H25N3O. The quantitative estimate of drug-likeness (QED) is 0.348. The van der Waals surface area contributed by atoms with E-state index in [0.717, 1.165) is 33.0 Å². The molecule has 4 nitrogen and oxygen atoms in total. The topological polar surface area (TPSA) is 50.4 Å². The number of nitrogens with zero attached hydrogens (tertiary/aromatic N) is 3. The van der Waals surface area contributed by atoms with Crippen molar-refractivity contribution < 1.29 is 5.11 Å². The molecule has 0 fully saturated rings. The molecule has 3 aromatic heterocycles. The second-order valence-electron chi connectivity index (χ2n) is 8.55. The molecule has 0 saturated heterocycles. The summed E-state index contributed by atoms with van der Waals surface area (Å²) in [6.45, 7) is 8.95. The van der Waals surface area contributed by atoms with Gasteiger partial charge in [-0.15, -0.1) is 0 Å². The van der Waals surface area contributed by atoms with Crippen molar-refractivity contribution >= 4 is 27.3 Å². The number of benzene rings is 2. The highest BCUT2D eigenvalue weighted by atomic mass is 16.3. The van der Waals surface area contributed by atoms with Crippen LogP contribution in [0.4, 0.5) is 0 Å². The average molecular weight is 396 g/mol. The monoisotopic (exact) mass is 395 g/mol. The number of aromatic hydroxyl groups is 1. The van der Waals surface area contributed by atoms with Gasteiger partial charge in [0.1, 0.15) is 11.4 Å². The van der Waals surface area contributed by atoms with Gasteiger partial charge in [0.2, 0.25) is 0 Å². The van der Waals surface area contributed by atoms with Crippen LogP contribution in [-0.4, -0.2) is 19.5 Å². The van der Waals surface area contributed by atoms with Crippen molar-refractivity contribution in [2.75, 3.05) is 0 Å². The summed E-state index contributed by atoms with van der Waals surface area (Å²) in [6.07, 6.45) is 5.71. The summed E-state index contributed by atoms with van der Waals surface area (Å²) < 4.78 is 2.23. The van der Waals surface area contributed by atoms with Crippen LogP contribution in [0.25, 0.3) is 38.6 Å². The van der Waals surface area contributed by atoms with Gasteiger partial charge in [-0.3, -0.25) is 9.38 Å². The zero-order chi connectivity index (χ0) is 21.0. The van der Waals surface area contributed by atoms with Gasteiger partial charge in [0.05, 0.1) is 17.4 Å². The Labute approximate surface area is 175 Å². The molecule has 1 N–H and O–H groups in total. The van der Waals surface area contributed by atoms with Gasteiger partial charge in [0.15, 0.2) is 0 Å². The van der Waals surface area contributed by atoms with Gasteiger partial charge in [0, 0.05) is 28.7 Å². The largest absolute Gasteiger partial charge is 0.508 e. The Morgan fingerprint density at radius 3 is 2.27 bits per heavy atom. The standard InChI is InChI=1S/C26H25N3O/c1-15(2)18-6-5-7-19(16(3)4)25(18)24-14-28-26-21-12-17(30)8-9-20(21)22-13-27-11-10-23(22)29(24)26/h5-16,30H,1-4H3. The van der Waals surface area contributed by atoms with E-state index < -0.39 is 0 Å². The first-order chi connectivity index (χ1) is 14.5. The van der Waals surface area contributed by atoms with Gasteiger partial charge >= 0.3 is 0 Å². The minimum atomic E-state index is 0.239. The summed E-state index contributed by atoms with van der Waals surface area (Å²) in [4.78, 5) is 9.22. The molecule has 2 aromatic carbocycles. The van der Waals surface area contributed by atoms with Crippen LogP contribution in [0.3, 0.4) is 0 Å². The van der Waals surface area contributed by atoms with E-state index in [4.69, 9.17) is 4.98 Å². The van der Waals surface area contributed by atoms with E-state index >= 15 is 0 Å². The lowest BCUT2D eigenvalue weighted by molar-refractivity contribution is 0.476. The molecule has 30 heavy (non-hydrogen) atoms. The SMILES string of the molecule is CC(C)c1cccc(C(C)C)c1-c1cnc2c3cc(O)ccc3c3cnccc3n12. The van der Waals surface area contributed by atoms with Crippen LogP contribution in [0, 0.1) is 0 Å². The molecular weight excluding hydrogens is 370 g/mol. The number of fused-ring (bicyclic) bond motifs is 6. The van der Waals surface area contributed by atoms with Crippen molar-refractivity contribution in [1.29, 1.82) is 0 Å². The number of phenols is 1. The Morgan fingerprint density at radius 2 is 1.57 bits per heavy atom. The predicted octanol–water partition coefficient (Wildman–Crippen LogP) is 6.66. The van der Waals surface area contributed by atoms with Crippen LogP contribution in [-0.2, 0) is 0 Å². The van der Waals surface area contributed by atoms with Crippen LogP contribution in [0.1, 0.15) is 50.7 Å². The number of rotatable bonds is 3. The third kappa shape index (κ3) is 2.67. The number of imidazole rings is 1. The lowest BCUT2D eigenvalue weighted by Gasteiger charge is -2.20. The van der Waals surface area contributed by atoms with Crippen molar-refractivity contribution in [3.63, 3.8) is 0 Å². The maximum atomic E-state index is 10.2. The average Bonchev–Trinajstić information content (AvgIpc) is 3.18. The first-order valence-corrected chi connectivity index (χ1v) is 10.5. The normalized spacial score (nSPS) is 12.1. The fourth-order valence-corrected chi connectivity index (χ4v) is 4.55. The van der Waals surface area contributed by atoms with Crippen molar-refractivity contribution in [2.24, 2.45) is 0 Å². The highest BCUT2D eigenvalue weighted by Gasteiger charge is 2.21. The molecule has 0 radical (unpaired) electrons. The third-order valence-electron chi connectivity index (χ3n) is 5.96. The number of hydrogen-bond donors (Lipinski definition) is 1. The molecule has 0 aliphatic rings. The highest BCUT2D eigenvalue weighted by molar-refractivity contribution is 6.12. The Bertz CT molecular complexity index is 1390. The second-order valence-corrected chi connectivity index (χ2v) is 8.55. The molecule has 0 amide bonds. The fraction of sp³-hybridized carbons (Fsp3) is 0.231. The van der Waals surface area contributed by atoms with Crippen molar-refractivity contribution in [3.05, 3.63) is 72.2 Å². The van der Waals surface area contributed by atoms with Gasteiger partial charge in [-0.25, -0.2) is 4.98 Å². The highest BCUT2D eigenvalue weighted by Crippen LogP contribution is 2.39. The number of phenolic OH excluding ortho intramolecular Hbond substituents is 1. The summed E-state index contributed by atoms with van der Waals surface area (Å²) in [7, 11) is 0. The maximum Gasteiger partial charge on any atom is 0.145 e. The lowest BCUT2D eigenvalue weighted by atomic mass is 9.87. The van der Waals surface area contributed by atoms with Crippen LogP contribution < -0.4 is 0 Å². The van der Waals surface area contributed by atoms with E-state index in [0.29, 0.717) is 11.8 Å². The minimum absolute atomic E-state index is 0.239. The zero-order valence-corrected chi connectivity index (χ0v) is 17.7. The van der Waals surface area contributed by atoms with E-state index in [1.54, 1.807) is 12.1 Å². The molecule has 5 aromatic rings. The molecule has 4 heteroatoms. The maximum absolute atomic E-state index is 10.2. The second kappa shape index (κ2) is 6.84. The van der Waals surface area contributed by atoms with E-state index in [1.807, 2.05) is 30.7 Å². The first-order valence-electron chi connectivity index (χ1n) is 10.5. The molecule has 0 bridgehead atoms. The third-order valence-corrected chi connectivity index (χ3v) is 5.96. The lowest BCUT2D eigenvalue weighted by Crippen LogP contribution is -2.02. The molecule has 0 aliphatic carbocycles. The summed E-state index contributed by atoms with van der Waals surface area (Å²) in [6, 6.07) is 14.1. The number of aromatic nitrogens is 3. The van der Waals surface area contributed by atoms with E-state index in [-0.39, 0.29) is 5.75 Å². The first kappa shape index (κ1) is 18.6. The molecule has 3 heterocycles.